The van der Waals surface area contributed by atoms with Crippen LogP contribution in [0.4, 0.5) is 0 Å². The van der Waals surface area contributed by atoms with Crippen LogP contribution in [-0.2, 0) is 0 Å². The van der Waals surface area contributed by atoms with E-state index in [1.165, 1.54) is 0 Å². The highest BCUT2D eigenvalue weighted by Gasteiger charge is 2.14. The van der Waals surface area contributed by atoms with Gasteiger partial charge in [-0.3, -0.25) is 9.97 Å². The van der Waals surface area contributed by atoms with Crippen LogP contribution >= 0.6 is 0 Å². The Morgan fingerprint density at radius 3 is 1.96 bits per heavy atom. The third-order valence-corrected chi connectivity index (χ3v) is 3.56. The van der Waals surface area contributed by atoms with Gasteiger partial charge in [0.05, 0.1) is 11.4 Å². The van der Waals surface area contributed by atoms with Gasteiger partial charge in [0.15, 0.2) is 11.4 Å². The van der Waals surface area contributed by atoms with Crippen LogP contribution in [0.3, 0.4) is 0 Å². The van der Waals surface area contributed by atoms with Gasteiger partial charge in [-0.25, -0.2) is 0 Å². The van der Waals surface area contributed by atoms with Crippen molar-refractivity contribution in [3.05, 3.63) is 85.2 Å². The van der Waals surface area contributed by atoms with Crippen LogP contribution in [0.15, 0.2) is 85.2 Å². The molecule has 0 aliphatic carbocycles. The van der Waals surface area contributed by atoms with Gasteiger partial charge < -0.3 is 4.74 Å². The number of benzene rings is 1. The smallest absolute Gasteiger partial charge is 0.159 e. The fourth-order valence-electron chi connectivity index (χ4n) is 2.39. The Labute approximate surface area is 145 Å². The Morgan fingerprint density at radius 1 is 0.600 bits per heavy atom. The Bertz CT molecular complexity index is 961. The van der Waals surface area contributed by atoms with Crippen molar-refractivity contribution in [3.8, 4) is 34.3 Å². The fraction of sp³-hybridized carbons (Fsp3) is 0. The lowest BCUT2D eigenvalue weighted by Crippen LogP contribution is -1.98. The third kappa shape index (κ3) is 3.35. The normalized spacial score (nSPS) is 10.4. The van der Waals surface area contributed by atoms with E-state index in [9.17, 15) is 0 Å². The monoisotopic (exact) mass is 326 g/mol. The zero-order valence-electron chi connectivity index (χ0n) is 13.3. The summed E-state index contributed by atoms with van der Waals surface area (Å²) in [4.78, 5) is 8.68. The van der Waals surface area contributed by atoms with Gasteiger partial charge in [0.2, 0.25) is 0 Å². The molecule has 0 N–H and O–H groups in total. The molecule has 0 saturated carbocycles. The van der Waals surface area contributed by atoms with E-state index in [1.807, 2.05) is 72.8 Å². The molecule has 4 rings (SSSR count). The van der Waals surface area contributed by atoms with Crippen molar-refractivity contribution in [1.82, 2.24) is 20.2 Å². The Kier molecular flexibility index (Phi) is 4.12. The maximum Gasteiger partial charge on any atom is 0.159 e. The molecule has 5 nitrogen and oxygen atoms in total. The quantitative estimate of drug-likeness (QED) is 0.556. The minimum Gasteiger partial charge on any atom is -0.455 e. The first-order chi connectivity index (χ1) is 12.4. The summed E-state index contributed by atoms with van der Waals surface area (Å²) in [7, 11) is 0. The Hall–Kier alpha value is -3.60. The van der Waals surface area contributed by atoms with Crippen molar-refractivity contribution in [2.45, 2.75) is 0 Å². The molecule has 0 fully saturated rings. The van der Waals surface area contributed by atoms with Crippen LogP contribution in [0.5, 0.6) is 11.5 Å². The van der Waals surface area contributed by atoms with Gasteiger partial charge in [-0.1, -0.05) is 30.3 Å². The minimum atomic E-state index is 0.584. The van der Waals surface area contributed by atoms with Gasteiger partial charge in [0.25, 0.3) is 0 Å². The van der Waals surface area contributed by atoms with Crippen LogP contribution in [-0.4, -0.2) is 20.2 Å². The molecule has 0 bridgehead atoms. The summed E-state index contributed by atoms with van der Waals surface area (Å²) in [5.74, 6) is 1.31. The molecule has 0 saturated heterocycles. The van der Waals surface area contributed by atoms with Crippen molar-refractivity contribution >= 4 is 0 Å². The summed E-state index contributed by atoms with van der Waals surface area (Å²) >= 11 is 0. The summed E-state index contributed by atoms with van der Waals surface area (Å²) < 4.78 is 6.06. The molecule has 0 amide bonds. The second kappa shape index (κ2) is 6.88. The van der Waals surface area contributed by atoms with Crippen LogP contribution in [0, 0.1) is 0 Å². The van der Waals surface area contributed by atoms with Crippen LogP contribution in [0.2, 0.25) is 0 Å². The van der Waals surface area contributed by atoms with Gasteiger partial charge in [-0.15, -0.1) is 10.2 Å². The van der Waals surface area contributed by atoms with E-state index in [0.717, 1.165) is 11.4 Å². The van der Waals surface area contributed by atoms with Crippen molar-refractivity contribution in [3.63, 3.8) is 0 Å². The number of hydrogen-bond donors (Lipinski definition) is 0. The van der Waals surface area contributed by atoms with Gasteiger partial charge >= 0.3 is 0 Å². The van der Waals surface area contributed by atoms with Gasteiger partial charge in [0.1, 0.15) is 11.4 Å². The van der Waals surface area contributed by atoms with E-state index in [0.29, 0.717) is 22.8 Å². The van der Waals surface area contributed by atoms with E-state index in [1.54, 1.807) is 12.4 Å². The molecule has 0 aliphatic heterocycles. The SMILES string of the molecule is c1ccc(Oc2cc(-c3ccccn3)nnc2-c2ccccn2)cc1. The largest absolute Gasteiger partial charge is 0.455 e. The summed E-state index contributed by atoms with van der Waals surface area (Å²) in [5, 5.41) is 8.64. The Morgan fingerprint density at radius 2 is 1.28 bits per heavy atom. The van der Waals surface area contributed by atoms with E-state index in [2.05, 4.69) is 20.2 Å². The number of aromatic nitrogens is 4. The van der Waals surface area contributed by atoms with E-state index in [4.69, 9.17) is 4.74 Å². The molecule has 120 valence electrons. The summed E-state index contributed by atoms with van der Waals surface area (Å²) in [6.45, 7) is 0. The molecule has 0 radical (unpaired) electrons. The van der Waals surface area contributed by atoms with Gasteiger partial charge in [0, 0.05) is 18.5 Å². The number of pyridine rings is 2. The first kappa shape index (κ1) is 15.0. The molecular weight excluding hydrogens is 312 g/mol. The molecule has 25 heavy (non-hydrogen) atoms. The zero-order valence-corrected chi connectivity index (χ0v) is 13.3. The third-order valence-electron chi connectivity index (χ3n) is 3.56. The van der Waals surface area contributed by atoms with Gasteiger partial charge in [-0.2, -0.15) is 0 Å². The molecule has 3 heterocycles. The fourth-order valence-corrected chi connectivity index (χ4v) is 2.39. The highest BCUT2D eigenvalue weighted by molar-refractivity contribution is 5.67. The highest BCUT2D eigenvalue weighted by atomic mass is 16.5. The zero-order chi connectivity index (χ0) is 16.9. The predicted molar refractivity (Wildman–Crippen MR) is 95.0 cm³/mol. The number of ether oxygens (including phenoxy) is 1. The second-order valence-electron chi connectivity index (χ2n) is 5.29. The van der Waals surface area contributed by atoms with Crippen molar-refractivity contribution in [2.24, 2.45) is 0 Å². The lowest BCUT2D eigenvalue weighted by Gasteiger charge is -2.11. The first-order valence-corrected chi connectivity index (χ1v) is 7.83. The Balaban J connectivity index is 1.81. The molecular formula is C20H14N4O. The van der Waals surface area contributed by atoms with E-state index < -0.39 is 0 Å². The van der Waals surface area contributed by atoms with Crippen LogP contribution in [0.1, 0.15) is 0 Å². The highest BCUT2D eigenvalue weighted by Crippen LogP contribution is 2.32. The minimum absolute atomic E-state index is 0.584. The predicted octanol–water partition coefficient (Wildman–Crippen LogP) is 4.39. The molecule has 0 spiro atoms. The van der Waals surface area contributed by atoms with Crippen molar-refractivity contribution < 1.29 is 4.74 Å². The number of para-hydroxylation sites is 1. The molecule has 0 atom stereocenters. The maximum absolute atomic E-state index is 6.06. The van der Waals surface area contributed by atoms with Crippen molar-refractivity contribution in [2.75, 3.05) is 0 Å². The topological polar surface area (TPSA) is 60.8 Å². The average Bonchev–Trinajstić information content (AvgIpc) is 2.70. The van der Waals surface area contributed by atoms with Crippen molar-refractivity contribution in [1.29, 1.82) is 0 Å². The summed E-state index contributed by atoms with van der Waals surface area (Å²) in [6, 6.07) is 22.7. The molecule has 0 aliphatic rings. The lowest BCUT2D eigenvalue weighted by atomic mass is 10.2. The second-order valence-corrected chi connectivity index (χ2v) is 5.29. The average molecular weight is 326 g/mol. The lowest BCUT2D eigenvalue weighted by molar-refractivity contribution is 0.481. The first-order valence-electron chi connectivity index (χ1n) is 7.83. The van der Waals surface area contributed by atoms with Crippen LogP contribution in [0.25, 0.3) is 22.8 Å². The number of nitrogens with zero attached hydrogens (tertiary/aromatic N) is 4. The molecule has 0 unspecified atom stereocenters. The number of hydrogen-bond acceptors (Lipinski definition) is 5. The molecule has 3 aromatic heterocycles. The van der Waals surface area contributed by atoms with Gasteiger partial charge in [-0.05, 0) is 36.4 Å². The van der Waals surface area contributed by atoms with Crippen LogP contribution < -0.4 is 4.74 Å². The molecule has 4 aromatic rings. The molecule has 1 aromatic carbocycles. The standard InChI is InChI=1S/C20H14N4O/c1-2-8-15(9-3-1)25-19-14-18(16-10-4-6-12-21-16)23-24-20(19)17-11-5-7-13-22-17/h1-14H. The molecule has 5 heteroatoms. The van der Waals surface area contributed by atoms with E-state index >= 15 is 0 Å². The summed E-state index contributed by atoms with van der Waals surface area (Å²) in [5.41, 5.74) is 2.67. The maximum atomic E-state index is 6.06. The summed E-state index contributed by atoms with van der Waals surface area (Å²) in [6.07, 6.45) is 3.44. The number of rotatable bonds is 4. The van der Waals surface area contributed by atoms with E-state index in [-0.39, 0.29) is 0 Å².